The van der Waals surface area contributed by atoms with Crippen LogP contribution in [0.25, 0.3) is 0 Å². The number of hydrogen-bond donors (Lipinski definition) is 3. The number of aliphatic hydroxyl groups is 1. The maximum absolute atomic E-state index is 13.6. The van der Waals surface area contributed by atoms with E-state index in [2.05, 4.69) is 10.6 Å². The predicted molar refractivity (Wildman–Crippen MR) is 106 cm³/mol. The van der Waals surface area contributed by atoms with Crippen LogP contribution in [0.3, 0.4) is 0 Å². The largest absolute Gasteiger partial charge is 0.481 e. The summed E-state index contributed by atoms with van der Waals surface area (Å²) in [7, 11) is 0. The number of ether oxygens (including phenoxy) is 1. The van der Waals surface area contributed by atoms with E-state index in [1.54, 1.807) is 18.2 Å². The van der Waals surface area contributed by atoms with E-state index in [9.17, 15) is 18.7 Å². The van der Waals surface area contributed by atoms with Gasteiger partial charge in [0.25, 0.3) is 6.43 Å². The number of alkyl halides is 2. The summed E-state index contributed by atoms with van der Waals surface area (Å²) in [6.45, 7) is 1.33. The molecule has 4 rings (SSSR count). The van der Waals surface area contributed by atoms with Crippen LogP contribution in [0.15, 0.2) is 36.4 Å². The summed E-state index contributed by atoms with van der Waals surface area (Å²) in [6.07, 6.45) is -2.28. The van der Waals surface area contributed by atoms with Gasteiger partial charge in [-0.05, 0) is 48.7 Å². The molecule has 1 unspecified atom stereocenters. The summed E-state index contributed by atoms with van der Waals surface area (Å²) >= 11 is 6.06. The number of aliphatic hydroxyl groups excluding tert-OH is 1. The summed E-state index contributed by atoms with van der Waals surface area (Å²) < 4.78 is 32.8. The van der Waals surface area contributed by atoms with E-state index in [0.29, 0.717) is 29.1 Å². The highest BCUT2D eigenvalue weighted by Crippen LogP contribution is 2.43. The normalized spacial score (nSPS) is 25.2. The summed E-state index contributed by atoms with van der Waals surface area (Å²) in [5, 5.41) is 15.9. The van der Waals surface area contributed by atoms with E-state index in [1.165, 1.54) is 13.0 Å². The molecule has 2 aromatic rings. The number of carbonyl (C=O) groups is 1. The van der Waals surface area contributed by atoms with Crippen LogP contribution in [-0.2, 0) is 12.8 Å². The first-order chi connectivity index (χ1) is 13.7. The molecule has 2 amide bonds. The van der Waals surface area contributed by atoms with Gasteiger partial charge < -0.3 is 20.5 Å². The molecule has 0 bridgehead atoms. The summed E-state index contributed by atoms with van der Waals surface area (Å²) in [4.78, 5) is 12.7. The number of halogens is 3. The van der Waals surface area contributed by atoms with Crippen molar-refractivity contribution in [3.63, 3.8) is 0 Å². The first kappa shape index (κ1) is 19.9. The lowest BCUT2D eigenvalue weighted by molar-refractivity contribution is -0.0824. The van der Waals surface area contributed by atoms with Gasteiger partial charge >= 0.3 is 6.03 Å². The van der Waals surface area contributed by atoms with Gasteiger partial charge in [-0.25, -0.2) is 13.6 Å². The quantitative estimate of drug-likeness (QED) is 0.683. The Bertz CT molecular complexity index is 956. The second kappa shape index (κ2) is 7.46. The first-order valence-electron chi connectivity index (χ1n) is 9.38. The number of nitrogens with one attached hydrogen (secondary N) is 2. The number of hydrogen-bond acceptors (Lipinski definition) is 3. The monoisotopic (exact) mass is 422 g/mol. The lowest BCUT2D eigenvalue weighted by Crippen LogP contribution is -2.48. The Hall–Kier alpha value is -2.38. The van der Waals surface area contributed by atoms with Crippen LogP contribution in [0, 0.1) is 0 Å². The lowest BCUT2D eigenvalue weighted by atomic mass is 9.88. The van der Waals surface area contributed by atoms with Crippen molar-refractivity contribution in [2.45, 2.75) is 50.4 Å². The standard InChI is InChI=1S/C21H21ClF2N2O3/c1-21(19(23)24)10-17(15-8-12(22)5-6-18(15)29-21)26-20(28)25-16-4-2-3-11-7-13(27)9-14(11)16/h2-6,8,13,17,19,27H,7,9-10H2,1H3,(H2,25,26,28)/t13-,17-,21?/m1/s1. The van der Waals surface area contributed by atoms with Crippen molar-refractivity contribution in [2.75, 3.05) is 5.32 Å². The third kappa shape index (κ3) is 3.89. The average Bonchev–Trinajstić information content (AvgIpc) is 3.03. The number of fused-ring (bicyclic) bond motifs is 2. The van der Waals surface area contributed by atoms with Gasteiger partial charge in [0.15, 0.2) is 5.60 Å². The molecule has 0 radical (unpaired) electrons. The fourth-order valence-corrected chi connectivity index (χ4v) is 4.20. The number of amides is 2. The van der Waals surface area contributed by atoms with Crippen LogP contribution in [0.5, 0.6) is 5.75 Å². The molecule has 29 heavy (non-hydrogen) atoms. The summed E-state index contributed by atoms with van der Waals surface area (Å²) in [5.41, 5.74) is 1.31. The highest BCUT2D eigenvalue weighted by atomic mass is 35.5. The molecule has 1 aliphatic carbocycles. The molecule has 0 aromatic heterocycles. The molecule has 5 nitrogen and oxygen atoms in total. The minimum atomic E-state index is -2.72. The highest BCUT2D eigenvalue weighted by molar-refractivity contribution is 6.30. The fourth-order valence-electron chi connectivity index (χ4n) is 4.02. The molecule has 1 aliphatic heterocycles. The number of anilines is 1. The Labute approximate surface area is 172 Å². The van der Waals surface area contributed by atoms with Crippen molar-refractivity contribution in [1.29, 1.82) is 0 Å². The predicted octanol–water partition coefficient (Wildman–Crippen LogP) is 4.47. The van der Waals surface area contributed by atoms with E-state index in [1.807, 2.05) is 12.1 Å². The van der Waals surface area contributed by atoms with Gasteiger partial charge in [0.2, 0.25) is 0 Å². The third-order valence-corrected chi connectivity index (χ3v) is 5.72. The Morgan fingerprint density at radius 2 is 2.10 bits per heavy atom. The molecule has 1 heterocycles. The lowest BCUT2D eigenvalue weighted by Gasteiger charge is -2.39. The number of carbonyl (C=O) groups excluding carboxylic acids is 1. The second-order valence-electron chi connectivity index (χ2n) is 7.76. The molecule has 2 aromatic carbocycles. The molecular formula is C21H21ClF2N2O3. The van der Waals surface area contributed by atoms with Crippen LogP contribution in [0.2, 0.25) is 5.02 Å². The Morgan fingerprint density at radius 3 is 2.86 bits per heavy atom. The van der Waals surface area contributed by atoms with Gasteiger partial charge in [0, 0.05) is 29.1 Å². The van der Waals surface area contributed by atoms with Gasteiger partial charge in [-0.3, -0.25) is 0 Å². The minimum Gasteiger partial charge on any atom is -0.481 e. The molecule has 3 atom stereocenters. The molecule has 0 fully saturated rings. The van der Waals surface area contributed by atoms with Crippen LogP contribution in [-0.4, -0.2) is 29.3 Å². The van der Waals surface area contributed by atoms with Gasteiger partial charge in [-0.15, -0.1) is 0 Å². The maximum Gasteiger partial charge on any atom is 0.319 e. The molecule has 154 valence electrons. The third-order valence-electron chi connectivity index (χ3n) is 5.48. The topological polar surface area (TPSA) is 70.6 Å². The fraction of sp³-hybridized carbons (Fsp3) is 0.381. The molecular weight excluding hydrogens is 402 g/mol. The summed E-state index contributed by atoms with van der Waals surface area (Å²) in [6, 6.07) is 8.98. The van der Waals surface area contributed by atoms with Gasteiger partial charge in [0.05, 0.1) is 12.1 Å². The van der Waals surface area contributed by atoms with Crippen molar-refractivity contribution >= 4 is 23.3 Å². The number of benzene rings is 2. The van der Waals surface area contributed by atoms with E-state index in [4.69, 9.17) is 16.3 Å². The number of urea groups is 1. The Morgan fingerprint density at radius 1 is 1.31 bits per heavy atom. The van der Waals surface area contributed by atoms with E-state index >= 15 is 0 Å². The van der Waals surface area contributed by atoms with E-state index in [0.717, 1.165) is 11.1 Å². The summed E-state index contributed by atoms with van der Waals surface area (Å²) in [5.74, 6) is 0.275. The zero-order chi connectivity index (χ0) is 20.8. The van der Waals surface area contributed by atoms with Crippen LogP contribution in [0.1, 0.15) is 36.1 Å². The van der Waals surface area contributed by atoms with Crippen molar-refractivity contribution in [3.05, 3.63) is 58.1 Å². The zero-order valence-electron chi connectivity index (χ0n) is 15.7. The molecule has 0 saturated heterocycles. The van der Waals surface area contributed by atoms with E-state index in [-0.39, 0.29) is 12.2 Å². The molecule has 0 saturated carbocycles. The van der Waals surface area contributed by atoms with Gasteiger partial charge in [-0.1, -0.05) is 23.7 Å². The zero-order valence-corrected chi connectivity index (χ0v) is 16.5. The van der Waals surface area contributed by atoms with Crippen molar-refractivity contribution < 1.29 is 23.4 Å². The van der Waals surface area contributed by atoms with Crippen molar-refractivity contribution in [1.82, 2.24) is 5.32 Å². The van der Waals surface area contributed by atoms with E-state index < -0.39 is 30.2 Å². The van der Waals surface area contributed by atoms with Crippen molar-refractivity contribution in [2.24, 2.45) is 0 Å². The minimum absolute atomic E-state index is 0.100. The highest BCUT2D eigenvalue weighted by Gasteiger charge is 2.45. The molecule has 8 heteroatoms. The number of rotatable bonds is 3. The first-order valence-corrected chi connectivity index (χ1v) is 9.76. The Balaban J connectivity index is 1.57. The van der Waals surface area contributed by atoms with Crippen LogP contribution >= 0.6 is 11.6 Å². The van der Waals surface area contributed by atoms with Crippen LogP contribution < -0.4 is 15.4 Å². The maximum atomic E-state index is 13.6. The average molecular weight is 423 g/mol. The molecule has 0 spiro atoms. The van der Waals surface area contributed by atoms with Crippen molar-refractivity contribution in [3.8, 4) is 5.75 Å². The van der Waals surface area contributed by atoms with Gasteiger partial charge in [0.1, 0.15) is 5.75 Å². The molecule has 3 N–H and O–H groups in total. The molecule has 2 aliphatic rings. The van der Waals surface area contributed by atoms with Crippen LogP contribution in [0.4, 0.5) is 19.3 Å². The smallest absolute Gasteiger partial charge is 0.319 e. The second-order valence-corrected chi connectivity index (χ2v) is 8.19. The SMILES string of the molecule is CC1(C(F)F)C[C@@H](NC(=O)Nc2cccc3c2C[C@H](O)C3)c2cc(Cl)ccc2O1. The van der Waals surface area contributed by atoms with Gasteiger partial charge in [-0.2, -0.15) is 0 Å². The Kier molecular flexibility index (Phi) is 5.12.